The molecule has 1 aliphatic rings. The summed E-state index contributed by atoms with van der Waals surface area (Å²) in [5.74, 6) is -0.242. The molecule has 1 unspecified atom stereocenters. The molecule has 0 radical (unpaired) electrons. The quantitative estimate of drug-likeness (QED) is 0.602. The predicted molar refractivity (Wildman–Crippen MR) is 112 cm³/mol. The molecular weight excluding hydrogens is 366 g/mol. The van der Waals surface area contributed by atoms with Crippen molar-refractivity contribution in [2.24, 2.45) is 0 Å². The summed E-state index contributed by atoms with van der Waals surface area (Å²) < 4.78 is 1.83. The minimum absolute atomic E-state index is 0.0576. The lowest BCUT2D eigenvalue weighted by Crippen LogP contribution is -2.36. The Morgan fingerprint density at radius 2 is 2.07 bits per heavy atom. The number of fused-ring (bicyclic) bond motifs is 1. The topological polar surface area (TPSA) is 83.3 Å². The van der Waals surface area contributed by atoms with Crippen LogP contribution in [0.5, 0.6) is 0 Å². The zero-order chi connectivity index (χ0) is 20.1. The summed E-state index contributed by atoms with van der Waals surface area (Å²) in [6.07, 6.45) is 4.39. The first-order valence-corrected chi connectivity index (χ1v) is 10.2. The molecule has 0 saturated carbocycles. The van der Waals surface area contributed by atoms with Crippen LogP contribution in [0.3, 0.4) is 0 Å². The number of aliphatic hydroxyl groups is 1. The molecule has 0 aliphatic carbocycles. The molecule has 0 bridgehead atoms. The molecule has 7 nitrogen and oxygen atoms in total. The minimum Gasteiger partial charge on any atom is -0.396 e. The zero-order valence-electron chi connectivity index (χ0n) is 16.5. The van der Waals surface area contributed by atoms with Crippen LogP contribution in [0.15, 0.2) is 48.7 Å². The molecule has 1 atom stereocenters. The van der Waals surface area contributed by atoms with E-state index >= 15 is 0 Å². The van der Waals surface area contributed by atoms with Crippen molar-refractivity contribution in [3.63, 3.8) is 0 Å². The minimum atomic E-state index is -0.242. The van der Waals surface area contributed by atoms with Gasteiger partial charge in [-0.3, -0.25) is 9.69 Å². The van der Waals surface area contributed by atoms with E-state index in [1.54, 1.807) is 6.20 Å². The van der Waals surface area contributed by atoms with Crippen LogP contribution in [0.2, 0.25) is 0 Å². The van der Waals surface area contributed by atoms with Crippen LogP contribution in [0.25, 0.3) is 10.8 Å². The number of likely N-dealkylation sites (tertiary alicyclic amines) is 1. The number of rotatable bonds is 7. The molecule has 152 valence electrons. The van der Waals surface area contributed by atoms with Gasteiger partial charge in [0.25, 0.3) is 5.91 Å². The van der Waals surface area contributed by atoms with Crippen LogP contribution < -0.4 is 5.32 Å². The Kier molecular flexibility index (Phi) is 6.17. The van der Waals surface area contributed by atoms with Crippen molar-refractivity contribution in [2.75, 3.05) is 26.2 Å². The molecular formula is C22H27N5O2. The van der Waals surface area contributed by atoms with Gasteiger partial charge in [-0.15, -0.1) is 5.10 Å². The van der Waals surface area contributed by atoms with Crippen molar-refractivity contribution in [3.8, 4) is 0 Å². The van der Waals surface area contributed by atoms with Gasteiger partial charge >= 0.3 is 0 Å². The number of hydrogen-bond donors (Lipinski definition) is 2. The maximum absolute atomic E-state index is 12.1. The Morgan fingerprint density at radius 3 is 2.93 bits per heavy atom. The molecule has 1 fully saturated rings. The van der Waals surface area contributed by atoms with E-state index < -0.39 is 0 Å². The molecule has 2 N–H and O–H groups in total. The lowest BCUT2D eigenvalue weighted by molar-refractivity contribution is 0.0946. The molecule has 1 amide bonds. The monoisotopic (exact) mass is 393 g/mol. The van der Waals surface area contributed by atoms with Crippen molar-refractivity contribution in [2.45, 2.75) is 31.8 Å². The van der Waals surface area contributed by atoms with Gasteiger partial charge in [0.05, 0.1) is 12.2 Å². The number of amides is 1. The van der Waals surface area contributed by atoms with Gasteiger partial charge in [-0.05, 0) is 48.2 Å². The van der Waals surface area contributed by atoms with E-state index in [-0.39, 0.29) is 18.6 Å². The van der Waals surface area contributed by atoms with E-state index in [2.05, 4.69) is 63.0 Å². The molecule has 3 aromatic rings. The van der Waals surface area contributed by atoms with Crippen molar-refractivity contribution in [1.29, 1.82) is 0 Å². The maximum atomic E-state index is 12.1. The van der Waals surface area contributed by atoms with Gasteiger partial charge in [-0.25, -0.2) is 4.68 Å². The highest BCUT2D eigenvalue weighted by Crippen LogP contribution is 2.23. The third-order valence-electron chi connectivity index (χ3n) is 5.44. The van der Waals surface area contributed by atoms with Crippen molar-refractivity contribution >= 4 is 16.7 Å². The van der Waals surface area contributed by atoms with Crippen LogP contribution in [0, 0.1) is 0 Å². The van der Waals surface area contributed by atoms with E-state index in [1.807, 2.05) is 4.68 Å². The Hall–Kier alpha value is -2.77. The van der Waals surface area contributed by atoms with Gasteiger partial charge in [-0.1, -0.05) is 41.6 Å². The predicted octanol–water partition coefficient (Wildman–Crippen LogP) is 2.38. The fourth-order valence-electron chi connectivity index (χ4n) is 3.92. The first-order valence-electron chi connectivity index (χ1n) is 10.2. The summed E-state index contributed by atoms with van der Waals surface area (Å²) >= 11 is 0. The highest BCUT2D eigenvalue weighted by Gasteiger charge is 2.23. The Labute approximate surface area is 170 Å². The van der Waals surface area contributed by atoms with E-state index in [1.165, 1.54) is 16.3 Å². The van der Waals surface area contributed by atoms with E-state index in [9.17, 15) is 4.79 Å². The largest absolute Gasteiger partial charge is 0.396 e. The van der Waals surface area contributed by atoms with Gasteiger partial charge in [0.2, 0.25) is 0 Å². The van der Waals surface area contributed by atoms with Crippen molar-refractivity contribution in [3.05, 3.63) is 59.9 Å². The van der Waals surface area contributed by atoms with Gasteiger partial charge < -0.3 is 10.4 Å². The second-order valence-electron chi connectivity index (χ2n) is 7.63. The molecule has 7 heteroatoms. The summed E-state index contributed by atoms with van der Waals surface area (Å²) in [5, 5.41) is 22.3. The van der Waals surface area contributed by atoms with Gasteiger partial charge in [0.15, 0.2) is 5.69 Å². The lowest BCUT2D eigenvalue weighted by atomic mass is 10.0. The molecule has 2 aromatic carbocycles. The molecule has 2 heterocycles. The Morgan fingerprint density at radius 1 is 1.21 bits per heavy atom. The van der Waals surface area contributed by atoms with Crippen molar-refractivity contribution in [1.82, 2.24) is 25.2 Å². The van der Waals surface area contributed by atoms with E-state index in [0.717, 1.165) is 32.5 Å². The van der Waals surface area contributed by atoms with Crippen LogP contribution in [-0.4, -0.2) is 57.1 Å². The summed E-state index contributed by atoms with van der Waals surface area (Å²) in [6, 6.07) is 15.3. The van der Waals surface area contributed by atoms with Crippen LogP contribution in [0.4, 0.5) is 0 Å². The number of piperidine rings is 1. The molecule has 1 saturated heterocycles. The normalized spacial score (nSPS) is 17.5. The Balaban J connectivity index is 1.38. The average molecular weight is 393 g/mol. The number of aromatic nitrogens is 3. The van der Waals surface area contributed by atoms with Crippen LogP contribution in [0.1, 0.15) is 41.4 Å². The first kappa shape index (κ1) is 19.5. The highest BCUT2D eigenvalue weighted by atomic mass is 16.3. The fourth-order valence-corrected chi connectivity index (χ4v) is 3.92. The van der Waals surface area contributed by atoms with Crippen LogP contribution in [-0.2, 0) is 6.54 Å². The maximum Gasteiger partial charge on any atom is 0.273 e. The smallest absolute Gasteiger partial charge is 0.273 e. The molecule has 1 aliphatic heterocycles. The third-order valence-corrected chi connectivity index (χ3v) is 5.44. The fraction of sp³-hybridized carbons (Fsp3) is 0.409. The summed E-state index contributed by atoms with van der Waals surface area (Å²) in [7, 11) is 0. The number of carbonyl (C=O) groups is 1. The average Bonchev–Trinajstić information content (AvgIpc) is 3.24. The SMILES string of the molecule is O=C(NCCCO)c1cn(C2CCCN(Cc3ccc4ccccc4c3)C2)nn1. The third kappa shape index (κ3) is 4.81. The standard InChI is InChI=1S/C22H27N5O2/c28-12-4-10-23-22(29)21-16-27(25-24-21)20-7-3-11-26(15-20)14-17-8-9-18-5-1-2-6-19(18)13-17/h1-2,5-6,8-9,13,16,20,28H,3-4,7,10-12,14-15H2,(H,23,29). The number of hydrogen-bond acceptors (Lipinski definition) is 5. The summed E-state index contributed by atoms with van der Waals surface area (Å²) in [4.78, 5) is 14.6. The second-order valence-corrected chi connectivity index (χ2v) is 7.63. The zero-order valence-corrected chi connectivity index (χ0v) is 16.5. The number of benzene rings is 2. The second kappa shape index (κ2) is 9.15. The molecule has 29 heavy (non-hydrogen) atoms. The number of aliphatic hydroxyl groups excluding tert-OH is 1. The molecule has 4 rings (SSSR count). The molecule has 0 spiro atoms. The lowest BCUT2D eigenvalue weighted by Gasteiger charge is -2.32. The first-order chi connectivity index (χ1) is 14.2. The van der Waals surface area contributed by atoms with Gasteiger partial charge in [-0.2, -0.15) is 0 Å². The number of carbonyl (C=O) groups excluding carboxylic acids is 1. The molecule has 1 aromatic heterocycles. The number of nitrogens with one attached hydrogen (secondary N) is 1. The van der Waals surface area contributed by atoms with Gasteiger partial charge in [0.1, 0.15) is 0 Å². The van der Waals surface area contributed by atoms with E-state index in [4.69, 9.17) is 5.11 Å². The Bertz CT molecular complexity index is 971. The number of nitrogens with zero attached hydrogens (tertiary/aromatic N) is 4. The van der Waals surface area contributed by atoms with Crippen molar-refractivity contribution < 1.29 is 9.90 Å². The summed E-state index contributed by atoms with van der Waals surface area (Å²) in [5.41, 5.74) is 1.64. The summed E-state index contributed by atoms with van der Waals surface area (Å²) in [6.45, 7) is 3.35. The van der Waals surface area contributed by atoms with Crippen LogP contribution >= 0.6 is 0 Å². The van der Waals surface area contributed by atoms with E-state index in [0.29, 0.717) is 18.7 Å². The highest BCUT2D eigenvalue weighted by molar-refractivity contribution is 5.91. The van der Waals surface area contributed by atoms with Gasteiger partial charge in [0, 0.05) is 26.2 Å².